The van der Waals surface area contributed by atoms with E-state index in [4.69, 9.17) is 9.84 Å². The third-order valence-electron chi connectivity index (χ3n) is 4.10. The second-order valence-electron chi connectivity index (χ2n) is 6.65. The van der Waals surface area contributed by atoms with E-state index in [0.29, 0.717) is 12.5 Å². The van der Waals surface area contributed by atoms with E-state index in [1.165, 1.54) is 24.2 Å². The number of carbonyl (C=O) groups is 1. The molecule has 0 aromatic rings. The van der Waals surface area contributed by atoms with Crippen molar-refractivity contribution in [2.75, 3.05) is 26.8 Å². The lowest BCUT2D eigenvalue weighted by atomic mass is 9.71. The van der Waals surface area contributed by atoms with Crippen molar-refractivity contribution in [1.82, 2.24) is 4.90 Å². The number of aliphatic hydroxyl groups is 1. The molecule has 1 amide bonds. The van der Waals surface area contributed by atoms with E-state index in [9.17, 15) is 4.79 Å². The highest BCUT2D eigenvalue weighted by Gasteiger charge is 2.35. The molecular formula is C15H29NO3. The molecule has 1 saturated carbocycles. The molecule has 0 aromatic carbocycles. The maximum absolute atomic E-state index is 11.8. The van der Waals surface area contributed by atoms with Gasteiger partial charge in [-0.05, 0) is 24.2 Å². The first-order valence-corrected chi connectivity index (χ1v) is 7.32. The van der Waals surface area contributed by atoms with Crippen LogP contribution in [0.5, 0.6) is 0 Å². The smallest absolute Gasteiger partial charge is 0.248 e. The van der Waals surface area contributed by atoms with Gasteiger partial charge in [0, 0.05) is 13.6 Å². The van der Waals surface area contributed by atoms with Gasteiger partial charge in [0.2, 0.25) is 5.91 Å². The first-order chi connectivity index (χ1) is 8.86. The lowest BCUT2D eigenvalue weighted by Gasteiger charge is -2.40. The predicted octanol–water partition coefficient (Wildman–Crippen LogP) is 2.06. The summed E-state index contributed by atoms with van der Waals surface area (Å²) in [5.41, 5.74) is 0.227. The normalized spacial score (nSPS) is 24.3. The van der Waals surface area contributed by atoms with E-state index in [-0.39, 0.29) is 30.6 Å². The fraction of sp³-hybridized carbons (Fsp3) is 0.933. The second-order valence-corrected chi connectivity index (χ2v) is 6.65. The van der Waals surface area contributed by atoms with Crippen molar-refractivity contribution in [2.45, 2.75) is 52.6 Å². The molecule has 0 heterocycles. The molecule has 112 valence electrons. The number of aliphatic hydroxyl groups excluding tert-OH is 1. The lowest BCUT2D eigenvalue weighted by Crippen LogP contribution is -2.40. The molecule has 0 saturated heterocycles. The molecule has 0 aliphatic heterocycles. The molecule has 0 radical (unpaired) electrons. The van der Waals surface area contributed by atoms with E-state index in [1.54, 1.807) is 7.05 Å². The van der Waals surface area contributed by atoms with Crippen LogP contribution in [0.15, 0.2) is 0 Å². The van der Waals surface area contributed by atoms with Crippen LogP contribution in [0.2, 0.25) is 0 Å². The van der Waals surface area contributed by atoms with Gasteiger partial charge in [-0.2, -0.15) is 0 Å². The minimum absolute atomic E-state index is 0.00369. The van der Waals surface area contributed by atoms with Gasteiger partial charge >= 0.3 is 0 Å². The molecule has 19 heavy (non-hydrogen) atoms. The van der Waals surface area contributed by atoms with Crippen LogP contribution in [0, 0.1) is 11.3 Å². The van der Waals surface area contributed by atoms with Gasteiger partial charge in [-0.25, -0.2) is 0 Å². The largest absolute Gasteiger partial charge is 0.395 e. The molecular weight excluding hydrogens is 242 g/mol. The summed E-state index contributed by atoms with van der Waals surface area (Å²) < 4.78 is 5.88. The Balaban J connectivity index is 2.47. The Morgan fingerprint density at radius 3 is 2.53 bits per heavy atom. The molecule has 2 atom stereocenters. The number of amides is 1. The topological polar surface area (TPSA) is 49.8 Å². The zero-order chi connectivity index (χ0) is 14.5. The number of likely N-dealkylation sites (N-methyl/N-ethyl adjacent to an activating group) is 1. The van der Waals surface area contributed by atoms with Gasteiger partial charge < -0.3 is 14.7 Å². The molecule has 1 fully saturated rings. The average Bonchev–Trinajstić information content (AvgIpc) is 2.35. The summed E-state index contributed by atoms with van der Waals surface area (Å²) in [6, 6.07) is 0. The number of nitrogens with zero attached hydrogens (tertiary/aromatic N) is 1. The molecule has 0 aromatic heterocycles. The number of hydrogen-bond acceptors (Lipinski definition) is 3. The Hall–Kier alpha value is -0.610. The highest BCUT2D eigenvalue weighted by atomic mass is 16.5. The predicted molar refractivity (Wildman–Crippen MR) is 75.9 cm³/mol. The SMILES string of the molecule is CN(CCO)C(=O)CO[C@@H]1CCCC[C@H]1C(C)(C)C. The third kappa shape index (κ3) is 5.11. The fourth-order valence-electron chi connectivity index (χ4n) is 2.85. The van der Waals surface area contributed by atoms with Gasteiger partial charge in [-0.15, -0.1) is 0 Å². The molecule has 0 bridgehead atoms. The second kappa shape index (κ2) is 7.25. The van der Waals surface area contributed by atoms with Crippen molar-refractivity contribution < 1.29 is 14.6 Å². The summed E-state index contributed by atoms with van der Waals surface area (Å²) in [5, 5.41) is 8.82. The van der Waals surface area contributed by atoms with Gasteiger partial charge in [-0.3, -0.25) is 4.79 Å². The Morgan fingerprint density at radius 1 is 1.32 bits per heavy atom. The molecule has 1 rings (SSSR count). The lowest BCUT2D eigenvalue weighted by molar-refractivity contribution is -0.141. The van der Waals surface area contributed by atoms with E-state index < -0.39 is 0 Å². The number of hydrogen-bond donors (Lipinski definition) is 1. The third-order valence-corrected chi connectivity index (χ3v) is 4.10. The summed E-state index contributed by atoms with van der Waals surface area (Å²) in [6.45, 7) is 7.25. The molecule has 1 N–H and O–H groups in total. The highest BCUT2D eigenvalue weighted by Crippen LogP contribution is 2.39. The number of carbonyl (C=O) groups excluding carboxylic acids is 1. The van der Waals surface area contributed by atoms with Crippen molar-refractivity contribution in [2.24, 2.45) is 11.3 Å². The van der Waals surface area contributed by atoms with Gasteiger partial charge in [0.1, 0.15) is 6.61 Å². The van der Waals surface area contributed by atoms with Crippen LogP contribution in [0.1, 0.15) is 46.5 Å². The zero-order valence-corrected chi connectivity index (χ0v) is 12.8. The number of rotatable bonds is 5. The van der Waals surface area contributed by atoms with Crippen molar-refractivity contribution in [3.8, 4) is 0 Å². The zero-order valence-electron chi connectivity index (χ0n) is 12.8. The molecule has 1 aliphatic rings. The van der Waals surface area contributed by atoms with E-state index in [2.05, 4.69) is 20.8 Å². The van der Waals surface area contributed by atoms with Crippen LogP contribution in [0.3, 0.4) is 0 Å². The summed E-state index contributed by atoms with van der Waals surface area (Å²) in [6.07, 6.45) is 4.89. The Kier molecular flexibility index (Phi) is 6.27. The van der Waals surface area contributed by atoms with Crippen molar-refractivity contribution in [1.29, 1.82) is 0 Å². The Bertz CT molecular complexity index is 286. The van der Waals surface area contributed by atoms with Crippen LogP contribution in [0.4, 0.5) is 0 Å². The van der Waals surface area contributed by atoms with Crippen LogP contribution in [-0.2, 0) is 9.53 Å². The van der Waals surface area contributed by atoms with E-state index in [0.717, 1.165) is 6.42 Å². The van der Waals surface area contributed by atoms with Gasteiger partial charge in [-0.1, -0.05) is 33.6 Å². The fourth-order valence-corrected chi connectivity index (χ4v) is 2.85. The Labute approximate surface area is 117 Å². The van der Waals surface area contributed by atoms with Crippen molar-refractivity contribution in [3.05, 3.63) is 0 Å². The minimum Gasteiger partial charge on any atom is -0.395 e. The summed E-state index contributed by atoms with van der Waals surface area (Å²) in [5.74, 6) is 0.476. The van der Waals surface area contributed by atoms with E-state index >= 15 is 0 Å². The Morgan fingerprint density at radius 2 is 1.95 bits per heavy atom. The highest BCUT2D eigenvalue weighted by molar-refractivity contribution is 5.77. The van der Waals surface area contributed by atoms with Crippen molar-refractivity contribution >= 4 is 5.91 Å². The quantitative estimate of drug-likeness (QED) is 0.832. The van der Waals surface area contributed by atoms with Gasteiger partial charge in [0.05, 0.1) is 12.7 Å². The standard InChI is InChI=1S/C15H29NO3/c1-15(2,3)12-7-5-6-8-13(12)19-11-14(18)16(4)9-10-17/h12-13,17H,5-11H2,1-4H3/t12-,13-/m1/s1. The molecule has 1 aliphatic carbocycles. The van der Waals surface area contributed by atoms with Crippen LogP contribution in [0.25, 0.3) is 0 Å². The van der Waals surface area contributed by atoms with Gasteiger partial charge in [0.15, 0.2) is 0 Å². The summed E-state index contributed by atoms with van der Waals surface area (Å²) in [4.78, 5) is 13.3. The molecule has 4 heteroatoms. The first kappa shape index (κ1) is 16.4. The average molecular weight is 271 g/mol. The monoisotopic (exact) mass is 271 g/mol. The maximum Gasteiger partial charge on any atom is 0.248 e. The summed E-state index contributed by atoms with van der Waals surface area (Å²) in [7, 11) is 1.70. The first-order valence-electron chi connectivity index (χ1n) is 7.32. The van der Waals surface area contributed by atoms with Crippen molar-refractivity contribution in [3.63, 3.8) is 0 Å². The minimum atomic E-state index is -0.0488. The summed E-state index contributed by atoms with van der Waals surface area (Å²) >= 11 is 0. The molecule has 4 nitrogen and oxygen atoms in total. The maximum atomic E-state index is 11.8. The van der Waals surface area contributed by atoms with Crippen LogP contribution in [-0.4, -0.2) is 48.8 Å². The van der Waals surface area contributed by atoms with Gasteiger partial charge in [0.25, 0.3) is 0 Å². The van der Waals surface area contributed by atoms with Crippen LogP contribution >= 0.6 is 0 Å². The van der Waals surface area contributed by atoms with Crippen LogP contribution < -0.4 is 0 Å². The van der Waals surface area contributed by atoms with E-state index in [1.807, 2.05) is 0 Å². The molecule has 0 unspecified atom stereocenters. The number of ether oxygens (including phenoxy) is 1. The molecule has 0 spiro atoms.